The molecule has 26 nitrogen and oxygen atoms in total. The third-order valence-corrected chi connectivity index (χ3v) is 29.1. The van der Waals surface area contributed by atoms with Crippen molar-refractivity contribution in [3.05, 3.63) is 72.8 Å². The van der Waals surface area contributed by atoms with Crippen LogP contribution < -0.4 is 37.9 Å². The number of pyridine rings is 2. The summed E-state index contributed by atoms with van der Waals surface area (Å²) < 4.78 is 102. The number of esters is 2. The average Bonchev–Trinajstić information content (AvgIpc) is 1.57. The summed E-state index contributed by atoms with van der Waals surface area (Å²) in [7, 11) is -1.78. The highest BCUT2D eigenvalue weighted by Gasteiger charge is 2.65. The zero-order chi connectivity index (χ0) is 83.0. The Bertz CT molecular complexity index is 4320. The fraction of sp³-hybridized carbons (Fsp3) is 0.651. The molecule has 14 atom stereocenters. The van der Waals surface area contributed by atoms with Crippen molar-refractivity contribution in [1.29, 1.82) is 0 Å². The number of fused-ring (bicyclic) bond motifs is 6. The van der Waals surface area contributed by atoms with Crippen LogP contribution in [0.3, 0.4) is 0 Å². The molecule has 12 rings (SSSR count). The molecule has 28 heteroatoms. The number of amides is 4. The summed E-state index contributed by atoms with van der Waals surface area (Å²) in [5, 5.41) is 2.86. The second-order valence-corrected chi connectivity index (χ2v) is 40.3. The van der Waals surface area contributed by atoms with E-state index in [1.54, 1.807) is 93.9 Å². The summed E-state index contributed by atoms with van der Waals surface area (Å²) in [5.74, 6) is -3.58. The van der Waals surface area contributed by atoms with Gasteiger partial charge in [0.1, 0.15) is 34.9 Å². The van der Waals surface area contributed by atoms with Crippen LogP contribution in [-0.4, -0.2) is 170 Å². The number of benzene rings is 2. The Hall–Kier alpha value is -8.40. The molecule has 6 heterocycles. The zero-order valence-electron chi connectivity index (χ0n) is 69.2. The van der Waals surface area contributed by atoms with Crippen molar-refractivity contribution >= 4 is 88.7 Å². The number of nitrogens with one attached hydrogen (secondary N) is 2. The predicted molar refractivity (Wildman–Crippen MR) is 428 cm³/mol. The number of carbonyl (C=O) groups is 8. The van der Waals surface area contributed by atoms with Crippen LogP contribution in [0.2, 0.25) is 0 Å². The summed E-state index contributed by atoms with van der Waals surface area (Å²) in [6.45, 7) is 22.3. The predicted octanol–water partition coefficient (Wildman–Crippen LogP) is 12.6. The van der Waals surface area contributed by atoms with Crippen LogP contribution in [0.1, 0.15) is 212 Å². The van der Waals surface area contributed by atoms with Crippen molar-refractivity contribution in [2.24, 2.45) is 58.2 Å². The molecule has 4 aromatic rings. The van der Waals surface area contributed by atoms with Gasteiger partial charge in [0, 0.05) is 48.6 Å². The minimum Gasteiger partial charge on any atom is -0.497 e. The van der Waals surface area contributed by atoms with Gasteiger partial charge in [0.15, 0.2) is 11.6 Å². The number of carbonyl (C=O) groups excluding carboxylic acids is 8. The van der Waals surface area contributed by atoms with Crippen LogP contribution in [-0.2, 0) is 67.9 Å². The highest BCUT2D eigenvalue weighted by molar-refractivity contribution is 7.92. The number of hydrogen-bond acceptors (Lipinski definition) is 22. The Morgan fingerprint density at radius 1 is 0.535 bits per heavy atom. The standard InChI is InChI=1S/2C43H59N3O10S/c2*1-9-27-18-26(2)12-10-11-13-29-23-43(29,40(50)45-57(51,52)42(6)16-17-42)24-35(47)34-21-31(25-46(34)39(49)33(27)22-37(48)56-41(3,4)5)55-38-32-15-14-30(53-7)19-28(32)20-36(44-38)54-8/h2*11,13-15,19-20,26-27,29,31,33-34H,9-10,12,16-18,21-25H2,1-8H3,(H,45,50)/b2*13-11-/t26-,27+,29+,31+,33-,34-,43+;26-,27-,29-,31-,33+,34+,43-/m01/s1. The second kappa shape index (κ2) is 34.0. The van der Waals surface area contributed by atoms with Gasteiger partial charge in [0.25, 0.3) is 0 Å². The molecule has 4 amide bonds. The van der Waals surface area contributed by atoms with Crippen LogP contribution >= 0.6 is 0 Å². The number of hydrogen-bond donors (Lipinski definition) is 2. The van der Waals surface area contributed by atoms with Crippen LogP contribution in [0, 0.1) is 58.2 Å². The number of allylic oxidation sites excluding steroid dienone is 4. The van der Waals surface area contributed by atoms with Gasteiger partial charge in [0.05, 0.1) is 98.6 Å². The first kappa shape index (κ1) is 86.5. The number of ketones is 2. The third kappa shape index (κ3) is 19.6. The van der Waals surface area contributed by atoms with E-state index in [0.29, 0.717) is 111 Å². The first-order valence-electron chi connectivity index (χ1n) is 40.6. The van der Waals surface area contributed by atoms with Gasteiger partial charge < -0.3 is 47.7 Å². The fourth-order valence-electron chi connectivity index (χ4n) is 17.1. The number of Topliss-reactive ketones (excluding diaryl/α,β-unsaturated/α-hetero) is 2. The van der Waals surface area contributed by atoms with Gasteiger partial charge in [-0.3, -0.25) is 47.8 Å². The van der Waals surface area contributed by atoms with Crippen LogP contribution in [0.4, 0.5) is 0 Å². The Morgan fingerprint density at radius 2 is 0.904 bits per heavy atom. The zero-order valence-corrected chi connectivity index (χ0v) is 70.8. The fourth-order valence-corrected chi connectivity index (χ4v) is 19.8. The topological polar surface area (TPSA) is 335 Å². The SMILES string of the molecule is CC[C@@H]1C[C@@H](C)CC/C=C\[C@@H]2C[C@@]2(C(=O)NS(=O)(=O)C2(C)CC2)CC(=O)[C@@H]2C[C@@H](Oc3nc(OC)cc4cc(OC)ccc34)CN2C(=O)[C@H]1CC(=O)OC(C)(C)C.CC[C@@H]1C[C@H](C)CC/C=C\[C@@H]2C[C@@]2(C(=O)NS(=O)(=O)C2(C)CC2)CC(=O)[C@@H]2C[C@@H](Oc3nc(OC)cc4cc(OC)ccc34)CN2C(=O)[C@H]1CC(=O)OC(C)(C)C. The lowest BCUT2D eigenvalue weighted by atomic mass is 9.79. The molecule has 2 N–H and O–H groups in total. The van der Waals surface area contributed by atoms with E-state index in [0.717, 1.165) is 23.6 Å². The van der Waals surface area contributed by atoms with Crippen molar-refractivity contribution in [2.45, 2.75) is 256 Å². The maximum atomic E-state index is 15.1. The minimum absolute atomic E-state index is 0.0256. The van der Waals surface area contributed by atoms with Crippen molar-refractivity contribution in [3.63, 3.8) is 0 Å². The molecule has 4 aliphatic carbocycles. The number of rotatable bonds is 20. The number of aromatic nitrogens is 2. The second-order valence-electron chi connectivity index (χ2n) is 35.9. The van der Waals surface area contributed by atoms with Gasteiger partial charge in [-0.05, 0) is 215 Å². The van der Waals surface area contributed by atoms with E-state index in [1.807, 2.05) is 62.4 Å². The molecule has 4 aliphatic heterocycles. The lowest BCUT2D eigenvalue weighted by molar-refractivity contribution is -0.160. The van der Waals surface area contributed by atoms with E-state index in [2.05, 4.69) is 33.3 Å². The van der Waals surface area contributed by atoms with Gasteiger partial charge >= 0.3 is 11.9 Å². The number of sulfonamides is 2. The Balaban J connectivity index is 0.000000225. The first-order chi connectivity index (χ1) is 53.6. The molecule has 8 aliphatic rings. The van der Waals surface area contributed by atoms with Crippen LogP contribution in [0.15, 0.2) is 72.8 Å². The number of methoxy groups -OCH3 is 4. The first-order valence-corrected chi connectivity index (χ1v) is 43.6. The van der Waals surface area contributed by atoms with E-state index in [1.165, 1.54) is 24.0 Å². The molecule has 2 aromatic carbocycles. The molecule has 6 fully saturated rings. The van der Waals surface area contributed by atoms with Crippen molar-refractivity contribution in [1.82, 2.24) is 29.2 Å². The average molecular weight is 1620 g/mol. The van der Waals surface area contributed by atoms with Gasteiger partial charge in [-0.25, -0.2) is 16.8 Å². The van der Waals surface area contributed by atoms with Crippen molar-refractivity contribution < 1.29 is 93.1 Å². The molecule has 0 radical (unpaired) electrons. The lowest BCUT2D eigenvalue weighted by Crippen LogP contribution is -2.48. The largest absolute Gasteiger partial charge is 0.497 e. The quantitative estimate of drug-likeness (QED) is 0.0613. The Labute approximate surface area is 671 Å². The van der Waals surface area contributed by atoms with E-state index in [9.17, 15) is 45.6 Å². The van der Waals surface area contributed by atoms with Crippen LogP contribution in [0.25, 0.3) is 21.5 Å². The van der Waals surface area contributed by atoms with E-state index >= 15 is 9.59 Å². The molecule has 624 valence electrons. The van der Waals surface area contributed by atoms with Crippen molar-refractivity contribution in [2.75, 3.05) is 41.5 Å². The van der Waals surface area contributed by atoms with E-state index in [-0.39, 0.29) is 122 Å². The molecule has 2 saturated heterocycles. The van der Waals surface area contributed by atoms with Gasteiger partial charge in [-0.2, -0.15) is 9.97 Å². The molecule has 4 saturated carbocycles. The summed E-state index contributed by atoms with van der Waals surface area (Å²) >= 11 is 0. The normalized spacial score (nSPS) is 29.6. The number of ether oxygens (including phenoxy) is 8. The summed E-state index contributed by atoms with van der Waals surface area (Å²) in [4.78, 5) is 127. The molecule has 0 unspecified atom stereocenters. The van der Waals surface area contributed by atoms with Crippen LogP contribution in [0.5, 0.6) is 35.0 Å². The summed E-state index contributed by atoms with van der Waals surface area (Å²) in [6.07, 6.45) is 14.1. The van der Waals surface area contributed by atoms with E-state index in [4.69, 9.17) is 37.9 Å². The molecular weight excluding hydrogens is 1500 g/mol. The maximum Gasteiger partial charge on any atom is 0.307 e. The third-order valence-electron chi connectivity index (χ3n) is 24.8. The highest BCUT2D eigenvalue weighted by atomic mass is 32.2. The van der Waals surface area contributed by atoms with Gasteiger partial charge in [0.2, 0.25) is 67.2 Å². The Morgan fingerprint density at radius 3 is 1.23 bits per heavy atom. The molecule has 2 aromatic heterocycles. The van der Waals surface area contributed by atoms with Gasteiger partial charge in [-0.1, -0.05) is 64.8 Å². The van der Waals surface area contributed by atoms with Gasteiger partial charge in [-0.15, -0.1) is 0 Å². The molecule has 0 bridgehead atoms. The van der Waals surface area contributed by atoms with Crippen molar-refractivity contribution in [3.8, 4) is 35.0 Å². The Kier molecular flexibility index (Phi) is 25.8. The van der Waals surface area contributed by atoms with E-state index < -0.39 is 111 Å². The minimum atomic E-state index is -3.96. The molecule has 0 spiro atoms. The monoisotopic (exact) mass is 1620 g/mol. The summed E-state index contributed by atoms with van der Waals surface area (Å²) in [5.41, 5.74) is -4.08. The summed E-state index contributed by atoms with van der Waals surface area (Å²) in [6, 6.07) is 12.4. The molecule has 114 heavy (non-hydrogen) atoms. The highest BCUT2D eigenvalue weighted by Crippen LogP contribution is 2.59. The number of nitrogens with zero attached hydrogens (tertiary/aromatic N) is 4. The smallest absolute Gasteiger partial charge is 0.307 e. The molecular formula is C86H118N6O20S2. The maximum absolute atomic E-state index is 15.1. The lowest BCUT2D eigenvalue weighted by Gasteiger charge is -2.33.